The first-order valence-electron chi connectivity index (χ1n) is 11.6. The number of nitrogens with one attached hydrogen (secondary N) is 3. The van der Waals surface area contributed by atoms with Crippen LogP contribution in [0.15, 0.2) is 107 Å². The van der Waals surface area contributed by atoms with Crippen LogP contribution in [0.4, 0.5) is 17.1 Å². The molecule has 0 aliphatic rings. The minimum Gasteiger partial charge on any atom is -0.494 e. The molecule has 0 atom stereocenters. The summed E-state index contributed by atoms with van der Waals surface area (Å²) in [5, 5.41) is 2.69. The van der Waals surface area contributed by atoms with Crippen LogP contribution in [0.25, 0.3) is 0 Å². The van der Waals surface area contributed by atoms with Crippen LogP contribution >= 0.6 is 11.6 Å². The topological polar surface area (TPSA) is 131 Å². The van der Waals surface area contributed by atoms with Crippen molar-refractivity contribution in [3.63, 3.8) is 0 Å². The molecule has 9 nitrogen and oxygen atoms in total. The molecule has 0 spiro atoms. The summed E-state index contributed by atoms with van der Waals surface area (Å²) in [4.78, 5) is 12.8. The molecule has 0 saturated carbocycles. The monoisotopic (exact) mass is 585 g/mol. The molecular weight excluding hydrogens is 562 g/mol. The zero-order valence-corrected chi connectivity index (χ0v) is 23.0. The van der Waals surface area contributed by atoms with Crippen molar-refractivity contribution < 1.29 is 26.4 Å². The molecular formula is C27H24ClN3O6S2. The maximum absolute atomic E-state index is 12.7. The van der Waals surface area contributed by atoms with Gasteiger partial charge in [0.2, 0.25) is 0 Å². The Hall–Kier alpha value is -4.06. The Morgan fingerprint density at radius 3 is 1.95 bits per heavy atom. The van der Waals surface area contributed by atoms with Gasteiger partial charge in [-0.3, -0.25) is 14.2 Å². The molecule has 202 valence electrons. The fraction of sp³-hybridized carbons (Fsp3) is 0.0741. The summed E-state index contributed by atoms with van der Waals surface area (Å²) >= 11 is 6.24. The van der Waals surface area contributed by atoms with E-state index in [0.717, 1.165) is 0 Å². The van der Waals surface area contributed by atoms with E-state index in [4.69, 9.17) is 16.3 Å². The third-order valence-electron chi connectivity index (χ3n) is 5.37. The molecule has 0 heterocycles. The molecule has 1 amide bonds. The van der Waals surface area contributed by atoms with E-state index in [2.05, 4.69) is 14.8 Å². The minimum atomic E-state index is -3.86. The van der Waals surface area contributed by atoms with E-state index < -0.39 is 26.0 Å². The summed E-state index contributed by atoms with van der Waals surface area (Å²) in [6.45, 7) is 2.36. The second kappa shape index (κ2) is 11.8. The van der Waals surface area contributed by atoms with Gasteiger partial charge in [-0.1, -0.05) is 29.8 Å². The molecule has 39 heavy (non-hydrogen) atoms. The molecule has 4 aromatic rings. The fourth-order valence-corrected chi connectivity index (χ4v) is 5.91. The Bertz CT molecular complexity index is 1680. The number of rotatable bonds is 10. The smallest absolute Gasteiger partial charge is 0.261 e. The molecule has 0 unspecified atom stereocenters. The summed E-state index contributed by atoms with van der Waals surface area (Å²) in [5.74, 6) is 0.113. The number of sulfonamides is 2. The Morgan fingerprint density at radius 1 is 0.744 bits per heavy atom. The van der Waals surface area contributed by atoms with Crippen molar-refractivity contribution in [2.24, 2.45) is 0 Å². The lowest BCUT2D eigenvalue weighted by Gasteiger charge is -2.12. The predicted octanol–water partition coefficient (Wildman–Crippen LogP) is 5.59. The third kappa shape index (κ3) is 7.08. The van der Waals surface area contributed by atoms with Crippen LogP contribution < -0.4 is 19.5 Å². The average Bonchev–Trinajstić information content (AvgIpc) is 2.91. The summed E-state index contributed by atoms with van der Waals surface area (Å²) in [5.41, 5.74) is 1.02. The molecule has 0 aliphatic carbocycles. The second-order valence-corrected chi connectivity index (χ2v) is 11.9. The highest BCUT2D eigenvalue weighted by Gasteiger charge is 2.18. The van der Waals surface area contributed by atoms with E-state index in [-0.39, 0.29) is 26.1 Å². The van der Waals surface area contributed by atoms with Crippen molar-refractivity contribution in [3.05, 3.63) is 108 Å². The van der Waals surface area contributed by atoms with E-state index in [1.807, 2.05) is 6.92 Å². The fourth-order valence-electron chi connectivity index (χ4n) is 3.46. The lowest BCUT2D eigenvalue weighted by Crippen LogP contribution is -2.15. The van der Waals surface area contributed by atoms with Gasteiger partial charge in [-0.2, -0.15) is 0 Å². The van der Waals surface area contributed by atoms with Gasteiger partial charge in [0.15, 0.2) is 0 Å². The normalized spacial score (nSPS) is 11.4. The quantitative estimate of drug-likeness (QED) is 0.222. The average molecular weight is 586 g/mol. The maximum atomic E-state index is 12.7. The highest BCUT2D eigenvalue weighted by atomic mass is 35.5. The first kappa shape index (κ1) is 28.0. The van der Waals surface area contributed by atoms with Crippen molar-refractivity contribution in [1.82, 2.24) is 0 Å². The molecule has 4 rings (SSSR count). The molecule has 0 saturated heterocycles. The Labute approximate surface area is 231 Å². The zero-order chi connectivity index (χ0) is 28.0. The Morgan fingerprint density at radius 2 is 1.33 bits per heavy atom. The van der Waals surface area contributed by atoms with Gasteiger partial charge < -0.3 is 10.1 Å². The molecule has 4 aromatic carbocycles. The summed E-state index contributed by atoms with van der Waals surface area (Å²) in [7, 11) is -7.71. The van der Waals surface area contributed by atoms with Gasteiger partial charge in [0.1, 0.15) is 5.75 Å². The van der Waals surface area contributed by atoms with Crippen molar-refractivity contribution in [1.29, 1.82) is 0 Å². The van der Waals surface area contributed by atoms with E-state index >= 15 is 0 Å². The number of anilines is 3. The van der Waals surface area contributed by atoms with Gasteiger partial charge >= 0.3 is 0 Å². The van der Waals surface area contributed by atoms with Gasteiger partial charge in [-0.05, 0) is 85.8 Å². The second-order valence-electron chi connectivity index (χ2n) is 8.15. The number of benzene rings is 4. The largest absolute Gasteiger partial charge is 0.494 e. The van der Waals surface area contributed by atoms with E-state index in [1.54, 1.807) is 42.5 Å². The van der Waals surface area contributed by atoms with Gasteiger partial charge in [-0.25, -0.2) is 16.8 Å². The first-order valence-corrected chi connectivity index (χ1v) is 15.0. The highest BCUT2D eigenvalue weighted by molar-refractivity contribution is 7.93. The van der Waals surface area contributed by atoms with Crippen molar-refractivity contribution in [2.45, 2.75) is 16.7 Å². The number of halogens is 1. The van der Waals surface area contributed by atoms with Crippen LogP contribution in [0.1, 0.15) is 17.3 Å². The highest BCUT2D eigenvalue weighted by Crippen LogP contribution is 2.27. The molecule has 0 aliphatic heterocycles. The minimum absolute atomic E-state index is 0.00693. The molecule has 0 fully saturated rings. The molecule has 12 heteroatoms. The molecule has 0 bridgehead atoms. The van der Waals surface area contributed by atoms with Crippen molar-refractivity contribution in [2.75, 3.05) is 21.4 Å². The number of carbonyl (C=O) groups excluding carboxylic acids is 1. The van der Waals surface area contributed by atoms with Gasteiger partial charge in [0, 0.05) is 16.9 Å². The van der Waals surface area contributed by atoms with Crippen LogP contribution in [0.2, 0.25) is 5.02 Å². The van der Waals surface area contributed by atoms with Crippen LogP contribution in [0.5, 0.6) is 5.75 Å². The number of hydrogen-bond donors (Lipinski definition) is 3. The third-order valence-corrected chi connectivity index (χ3v) is 8.46. The summed E-state index contributed by atoms with van der Waals surface area (Å²) < 4.78 is 60.8. The molecule has 3 N–H and O–H groups in total. The molecule has 0 radical (unpaired) electrons. The lowest BCUT2D eigenvalue weighted by molar-refractivity contribution is 0.102. The van der Waals surface area contributed by atoms with Gasteiger partial charge in [-0.15, -0.1) is 0 Å². The zero-order valence-electron chi connectivity index (χ0n) is 20.6. The van der Waals surface area contributed by atoms with Crippen molar-refractivity contribution >= 4 is 54.6 Å². The number of hydrogen-bond acceptors (Lipinski definition) is 6. The first-order chi connectivity index (χ1) is 18.6. The summed E-state index contributed by atoms with van der Waals surface area (Å²) in [6, 6.07) is 24.1. The maximum Gasteiger partial charge on any atom is 0.261 e. The molecule has 0 aromatic heterocycles. The van der Waals surface area contributed by atoms with E-state index in [1.165, 1.54) is 54.6 Å². The van der Waals surface area contributed by atoms with Crippen LogP contribution in [0, 0.1) is 0 Å². The number of carbonyl (C=O) groups is 1. The lowest BCUT2D eigenvalue weighted by atomic mass is 10.2. The SMILES string of the molecule is CCOc1ccc(NS(=O)(=O)c2ccc(NC(=O)c3ccc(NS(=O)(=O)c4ccccc4)c(Cl)c3)cc2)cc1. The van der Waals surface area contributed by atoms with Gasteiger partial charge in [0.25, 0.3) is 26.0 Å². The Kier molecular flexibility index (Phi) is 8.44. The van der Waals surface area contributed by atoms with E-state index in [9.17, 15) is 21.6 Å². The van der Waals surface area contributed by atoms with Gasteiger partial charge in [0.05, 0.1) is 27.1 Å². The number of ether oxygens (including phenoxy) is 1. The van der Waals surface area contributed by atoms with Crippen LogP contribution in [0.3, 0.4) is 0 Å². The summed E-state index contributed by atoms with van der Waals surface area (Å²) in [6.07, 6.45) is 0. The van der Waals surface area contributed by atoms with Crippen LogP contribution in [-0.2, 0) is 20.0 Å². The van der Waals surface area contributed by atoms with Crippen molar-refractivity contribution in [3.8, 4) is 5.75 Å². The number of amides is 1. The van der Waals surface area contributed by atoms with Crippen LogP contribution in [-0.4, -0.2) is 29.3 Å². The standard InChI is InChI=1S/C27H24ClN3O6S2/c1-2-37-22-13-9-21(10-14-22)30-38(33,34)24-15-11-20(12-16-24)29-27(32)19-8-17-26(25(28)18-19)31-39(35,36)23-6-4-3-5-7-23/h3-18,30-31H,2H2,1H3,(H,29,32). The Balaban J connectivity index is 1.41. The predicted molar refractivity (Wildman–Crippen MR) is 152 cm³/mol. The van der Waals surface area contributed by atoms with E-state index in [0.29, 0.717) is 23.7 Å².